The molecule has 4 heterocycles. The average molecular weight is 369 g/mol. The Morgan fingerprint density at radius 1 is 1.19 bits per heavy atom. The van der Waals surface area contributed by atoms with Crippen LogP contribution in [0.1, 0.15) is 29.6 Å². The standard InChI is InChI=1S/C19H23N5O3/c25-16(22-18-20-6-2-7-21-18)11-23-8-1-4-19(13-23)5-9-24(14-19)17(26)15-3-10-27-12-15/h2-3,6-7,10,12H,1,4-5,8-9,11,13-14H2,(H,20,21,22,25). The van der Waals surface area contributed by atoms with Crippen LogP contribution in [0.15, 0.2) is 41.5 Å². The molecule has 8 nitrogen and oxygen atoms in total. The quantitative estimate of drug-likeness (QED) is 0.881. The Morgan fingerprint density at radius 3 is 2.81 bits per heavy atom. The van der Waals surface area contributed by atoms with Crippen LogP contribution in [-0.4, -0.2) is 64.3 Å². The Morgan fingerprint density at radius 2 is 2.04 bits per heavy atom. The van der Waals surface area contributed by atoms with E-state index in [0.29, 0.717) is 18.1 Å². The van der Waals surface area contributed by atoms with Gasteiger partial charge in [-0.2, -0.15) is 0 Å². The predicted molar refractivity (Wildman–Crippen MR) is 98.0 cm³/mol. The van der Waals surface area contributed by atoms with Crippen LogP contribution in [0.25, 0.3) is 0 Å². The van der Waals surface area contributed by atoms with Crippen molar-refractivity contribution < 1.29 is 14.0 Å². The highest BCUT2D eigenvalue weighted by molar-refractivity contribution is 5.94. The average Bonchev–Trinajstić information content (AvgIpc) is 3.33. The maximum atomic E-state index is 12.6. The lowest BCUT2D eigenvalue weighted by atomic mass is 9.79. The Hall–Kier alpha value is -2.74. The minimum Gasteiger partial charge on any atom is -0.472 e. The number of hydrogen-bond donors (Lipinski definition) is 1. The van der Waals surface area contributed by atoms with Crippen LogP contribution in [0.3, 0.4) is 0 Å². The van der Waals surface area contributed by atoms with Gasteiger partial charge in [-0.1, -0.05) is 0 Å². The molecule has 1 spiro atoms. The smallest absolute Gasteiger partial charge is 0.257 e. The zero-order valence-corrected chi connectivity index (χ0v) is 15.1. The molecule has 0 bridgehead atoms. The highest BCUT2D eigenvalue weighted by atomic mass is 16.3. The number of carbonyl (C=O) groups is 2. The SMILES string of the molecule is O=C(CN1CCCC2(CCN(C(=O)c3ccoc3)C2)C1)Nc1ncccn1. The number of carbonyl (C=O) groups excluding carboxylic acids is 2. The Balaban J connectivity index is 1.34. The van der Waals surface area contributed by atoms with Gasteiger partial charge in [0.25, 0.3) is 5.91 Å². The van der Waals surface area contributed by atoms with Crippen LogP contribution in [0, 0.1) is 5.41 Å². The fraction of sp³-hybridized carbons (Fsp3) is 0.474. The van der Waals surface area contributed by atoms with Crippen molar-refractivity contribution in [2.24, 2.45) is 5.41 Å². The maximum Gasteiger partial charge on any atom is 0.257 e. The van der Waals surface area contributed by atoms with Gasteiger partial charge >= 0.3 is 0 Å². The van der Waals surface area contributed by atoms with E-state index >= 15 is 0 Å². The van der Waals surface area contributed by atoms with E-state index in [1.165, 1.54) is 12.5 Å². The van der Waals surface area contributed by atoms with Crippen molar-refractivity contribution in [3.8, 4) is 0 Å². The summed E-state index contributed by atoms with van der Waals surface area (Å²) in [6, 6.07) is 3.41. The second kappa shape index (κ2) is 7.48. The van der Waals surface area contributed by atoms with Crippen LogP contribution in [-0.2, 0) is 4.79 Å². The number of anilines is 1. The Labute approximate surface area is 157 Å². The van der Waals surface area contributed by atoms with Gasteiger partial charge in [0.1, 0.15) is 6.26 Å². The first-order valence-corrected chi connectivity index (χ1v) is 9.24. The van der Waals surface area contributed by atoms with E-state index in [9.17, 15) is 9.59 Å². The molecular formula is C19H23N5O3. The molecule has 0 aliphatic carbocycles. The summed E-state index contributed by atoms with van der Waals surface area (Å²) in [4.78, 5) is 37.0. The normalized spacial score (nSPS) is 22.9. The molecule has 2 aromatic heterocycles. The van der Waals surface area contributed by atoms with E-state index in [0.717, 1.165) is 45.4 Å². The van der Waals surface area contributed by atoms with Gasteiger partial charge in [-0.15, -0.1) is 0 Å². The van der Waals surface area contributed by atoms with Crippen molar-refractivity contribution in [3.05, 3.63) is 42.6 Å². The number of furan rings is 1. The molecule has 2 saturated heterocycles. The Bertz CT molecular complexity index is 795. The molecule has 4 rings (SSSR count). The molecule has 2 aliphatic rings. The van der Waals surface area contributed by atoms with Gasteiger partial charge in [-0.3, -0.25) is 19.8 Å². The lowest BCUT2D eigenvalue weighted by molar-refractivity contribution is -0.118. The van der Waals surface area contributed by atoms with Crippen molar-refractivity contribution in [3.63, 3.8) is 0 Å². The van der Waals surface area contributed by atoms with E-state index in [1.807, 2.05) is 4.90 Å². The van der Waals surface area contributed by atoms with E-state index < -0.39 is 0 Å². The molecule has 2 amide bonds. The maximum absolute atomic E-state index is 12.6. The molecule has 27 heavy (non-hydrogen) atoms. The number of piperidine rings is 1. The van der Waals surface area contributed by atoms with E-state index in [2.05, 4.69) is 20.2 Å². The fourth-order valence-corrected chi connectivity index (χ4v) is 4.19. The molecule has 0 saturated carbocycles. The third-order valence-electron chi connectivity index (χ3n) is 5.42. The Kier molecular flexibility index (Phi) is 4.89. The first-order valence-electron chi connectivity index (χ1n) is 9.24. The second-order valence-electron chi connectivity index (χ2n) is 7.42. The zero-order chi connectivity index (χ0) is 18.7. The van der Waals surface area contributed by atoms with Crippen LogP contribution >= 0.6 is 0 Å². The van der Waals surface area contributed by atoms with Crippen molar-refractivity contribution in [2.45, 2.75) is 19.3 Å². The number of nitrogens with one attached hydrogen (secondary N) is 1. The first-order chi connectivity index (χ1) is 13.1. The van der Waals surface area contributed by atoms with E-state index in [-0.39, 0.29) is 17.2 Å². The molecule has 2 fully saturated rings. The van der Waals surface area contributed by atoms with Gasteiger partial charge in [0, 0.05) is 37.4 Å². The monoisotopic (exact) mass is 369 g/mol. The lowest BCUT2D eigenvalue weighted by Crippen LogP contribution is -2.47. The summed E-state index contributed by atoms with van der Waals surface area (Å²) >= 11 is 0. The van der Waals surface area contributed by atoms with Crippen molar-refractivity contribution in [1.29, 1.82) is 0 Å². The molecule has 1 atom stereocenters. The van der Waals surface area contributed by atoms with Gasteiger partial charge in [0.2, 0.25) is 11.9 Å². The summed E-state index contributed by atoms with van der Waals surface area (Å²) in [5.41, 5.74) is 0.670. The van der Waals surface area contributed by atoms with Gasteiger partial charge in [-0.25, -0.2) is 9.97 Å². The third kappa shape index (κ3) is 4.00. The summed E-state index contributed by atoms with van der Waals surface area (Å²) in [5, 5.41) is 2.74. The first kappa shape index (κ1) is 17.7. The molecular weight excluding hydrogens is 346 g/mol. The molecule has 2 aliphatic heterocycles. The van der Waals surface area contributed by atoms with Crippen LogP contribution in [0.2, 0.25) is 0 Å². The minimum absolute atomic E-state index is 0.0247. The van der Waals surface area contributed by atoms with Gasteiger partial charge in [0.05, 0.1) is 18.4 Å². The van der Waals surface area contributed by atoms with Gasteiger partial charge in [-0.05, 0) is 37.9 Å². The van der Waals surface area contributed by atoms with E-state index in [1.54, 1.807) is 24.5 Å². The topological polar surface area (TPSA) is 91.6 Å². The van der Waals surface area contributed by atoms with Gasteiger partial charge < -0.3 is 9.32 Å². The summed E-state index contributed by atoms with van der Waals surface area (Å²) in [5.74, 6) is 0.242. The number of likely N-dealkylation sites (tertiary alicyclic amines) is 2. The summed E-state index contributed by atoms with van der Waals surface area (Å²) in [6.45, 7) is 3.51. The summed E-state index contributed by atoms with van der Waals surface area (Å²) in [7, 11) is 0. The third-order valence-corrected chi connectivity index (χ3v) is 5.42. The number of hydrogen-bond acceptors (Lipinski definition) is 6. The molecule has 8 heteroatoms. The molecule has 0 aromatic carbocycles. The fourth-order valence-electron chi connectivity index (χ4n) is 4.19. The van der Waals surface area contributed by atoms with Crippen LogP contribution < -0.4 is 5.32 Å². The molecule has 2 aromatic rings. The summed E-state index contributed by atoms with van der Waals surface area (Å²) in [6.07, 6.45) is 9.31. The molecule has 0 radical (unpaired) electrons. The largest absolute Gasteiger partial charge is 0.472 e. The predicted octanol–water partition coefficient (Wildman–Crippen LogP) is 1.64. The lowest BCUT2D eigenvalue weighted by Gasteiger charge is -2.40. The second-order valence-corrected chi connectivity index (χ2v) is 7.42. The molecule has 1 unspecified atom stereocenters. The van der Waals surface area contributed by atoms with E-state index in [4.69, 9.17) is 4.42 Å². The van der Waals surface area contributed by atoms with Crippen molar-refractivity contribution in [2.75, 3.05) is 38.0 Å². The minimum atomic E-state index is -0.109. The van der Waals surface area contributed by atoms with Crippen LogP contribution in [0.4, 0.5) is 5.95 Å². The zero-order valence-electron chi connectivity index (χ0n) is 15.1. The number of rotatable bonds is 4. The number of amides is 2. The van der Waals surface area contributed by atoms with Gasteiger partial charge in [0.15, 0.2) is 0 Å². The van der Waals surface area contributed by atoms with Crippen LogP contribution in [0.5, 0.6) is 0 Å². The summed E-state index contributed by atoms with van der Waals surface area (Å²) < 4.78 is 5.03. The highest BCUT2D eigenvalue weighted by Crippen LogP contribution is 2.39. The molecule has 1 N–H and O–H groups in total. The number of nitrogens with zero attached hydrogens (tertiary/aromatic N) is 4. The highest BCUT2D eigenvalue weighted by Gasteiger charge is 2.43. The van der Waals surface area contributed by atoms with Crippen molar-refractivity contribution in [1.82, 2.24) is 19.8 Å². The molecule has 142 valence electrons. The number of aromatic nitrogens is 2. The van der Waals surface area contributed by atoms with Crippen molar-refractivity contribution >= 4 is 17.8 Å².